The van der Waals surface area contributed by atoms with E-state index in [0.717, 1.165) is 49.9 Å². The molecule has 0 spiro atoms. The molecule has 0 radical (unpaired) electrons. The number of hydrogen-bond donors (Lipinski definition) is 2. The largest absolute Gasteiger partial charge is 0.352 e. The maximum atomic E-state index is 14.6. The van der Waals surface area contributed by atoms with Crippen molar-refractivity contribution in [2.45, 2.75) is 19.3 Å². The van der Waals surface area contributed by atoms with E-state index in [1.807, 2.05) is 37.3 Å². The molecule has 2 N–H and O–H groups in total. The second-order valence-electron chi connectivity index (χ2n) is 10.1. The normalized spacial score (nSPS) is 16.3. The standard InChI is InChI=1S/C32H28F3N5/c1-3-20(18-40-12-11-32(34,35)19-40)13-21(4-2)22-9-10-28-25(14-22)31(39-38-28)29-15-24-26(16-36-17-30(24)37-29)23-7-5-6-8-27(23)33/h3-10,13-17,37H,1,11-12,18-19H2,2H3,(H,38,39)/b20-13+,21-4+. The second kappa shape index (κ2) is 10.3. The number of nitrogens with zero attached hydrogens (tertiary/aromatic N) is 3. The molecule has 8 heteroatoms. The molecule has 5 aromatic rings. The monoisotopic (exact) mass is 539 g/mol. The van der Waals surface area contributed by atoms with E-state index in [1.165, 1.54) is 6.07 Å². The maximum absolute atomic E-state index is 14.6. The zero-order valence-corrected chi connectivity index (χ0v) is 22.0. The summed E-state index contributed by atoms with van der Waals surface area (Å²) in [5.41, 5.74) is 7.15. The first kappa shape index (κ1) is 25.8. The summed E-state index contributed by atoms with van der Waals surface area (Å²) in [6.07, 6.45) is 9.01. The summed E-state index contributed by atoms with van der Waals surface area (Å²) >= 11 is 0. The van der Waals surface area contributed by atoms with Crippen LogP contribution in [-0.4, -0.2) is 50.6 Å². The van der Waals surface area contributed by atoms with E-state index in [1.54, 1.807) is 41.6 Å². The van der Waals surface area contributed by atoms with Gasteiger partial charge in [0.25, 0.3) is 5.92 Å². The lowest BCUT2D eigenvalue weighted by Crippen LogP contribution is -2.26. The van der Waals surface area contributed by atoms with Crippen LogP contribution < -0.4 is 0 Å². The first-order valence-corrected chi connectivity index (χ1v) is 13.2. The minimum Gasteiger partial charge on any atom is -0.352 e. The summed E-state index contributed by atoms with van der Waals surface area (Å²) in [5, 5.41) is 9.45. The van der Waals surface area contributed by atoms with Crippen molar-refractivity contribution in [2.75, 3.05) is 19.6 Å². The van der Waals surface area contributed by atoms with Crippen LogP contribution >= 0.6 is 0 Å². The summed E-state index contributed by atoms with van der Waals surface area (Å²) in [6, 6.07) is 14.7. The van der Waals surface area contributed by atoms with Crippen molar-refractivity contribution in [1.29, 1.82) is 0 Å². The van der Waals surface area contributed by atoms with Crippen molar-refractivity contribution >= 4 is 27.4 Å². The predicted molar refractivity (Wildman–Crippen MR) is 155 cm³/mol. The number of rotatable bonds is 7. The molecule has 0 amide bonds. The first-order chi connectivity index (χ1) is 19.3. The van der Waals surface area contributed by atoms with Crippen LogP contribution in [0, 0.1) is 5.82 Å². The van der Waals surface area contributed by atoms with Gasteiger partial charge in [-0.05, 0) is 47.9 Å². The number of likely N-dealkylation sites (tertiary alicyclic amines) is 1. The van der Waals surface area contributed by atoms with Gasteiger partial charge < -0.3 is 4.98 Å². The van der Waals surface area contributed by atoms with Crippen molar-refractivity contribution in [3.8, 4) is 22.5 Å². The third-order valence-corrected chi connectivity index (χ3v) is 7.43. The van der Waals surface area contributed by atoms with Crippen LogP contribution in [0.5, 0.6) is 0 Å². The Labute approximate surface area is 229 Å². The van der Waals surface area contributed by atoms with Gasteiger partial charge in [0.2, 0.25) is 0 Å². The van der Waals surface area contributed by atoms with Crippen molar-refractivity contribution < 1.29 is 13.2 Å². The number of halogens is 3. The Bertz CT molecular complexity index is 1790. The van der Waals surface area contributed by atoms with Crippen molar-refractivity contribution in [3.63, 3.8) is 0 Å². The van der Waals surface area contributed by atoms with Crippen LogP contribution in [0.4, 0.5) is 13.2 Å². The number of fused-ring (bicyclic) bond motifs is 2. The van der Waals surface area contributed by atoms with Gasteiger partial charge in [-0.25, -0.2) is 13.2 Å². The molecular weight excluding hydrogens is 511 g/mol. The zero-order valence-electron chi connectivity index (χ0n) is 22.0. The van der Waals surface area contributed by atoms with E-state index in [9.17, 15) is 13.2 Å². The molecular formula is C32H28F3N5. The molecule has 0 atom stereocenters. The lowest BCUT2D eigenvalue weighted by molar-refractivity contribution is 0.0131. The molecule has 40 heavy (non-hydrogen) atoms. The minimum atomic E-state index is -2.63. The number of aromatic amines is 2. The number of allylic oxidation sites excluding steroid dienone is 3. The fourth-order valence-corrected chi connectivity index (χ4v) is 5.37. The van der Waals surface area contributed by atoms with Gasteiger partial charge in [-0.3, -0.25) is 15.0 Å². The molecule has 4 heterocycles. The van der Waals surface area contributed by atoms with Crippen LogP contribution in [0.1, 0.15) is 18.9 Å². The summed E-state index contributed by atoms with van der Waals surface area (Å²) in [4.78, 5) is 9.48. The second-order valence-corrected chi connectivity index (χ2v) is 10.1. The van der Waals surface area contributed by atoms with Crippen molar-refractivity contribution in [3.05, 3.63) is 103 Å². The molecule has 0 unspecified atom stereocenters. The smallest absolute Gasteiger partial charge is 0.261 e. The number of hydrogen-bond acceptors (Lipinski definition) is 3. The highest BCUT2D eigenvalue weighted by atomic mass is 19.3. The average molecular weight is 540 g/mol. The van der Waals surface area contributed by atoms with Crippen LogP contribution in [0.2, 0.25) is 0 Å². The van der Waals surface area contributed by atoms with Crippen LogP contribution in [-0.2, 0) is 0 Å². The van der Waals surface area contributed by atoms with Gasteiger partial charge in [0.1, 0.15) is 11.5 Å². The number of alkyl halides is 2. The lowest BCUT2D eigenvalue weighted by Gasteiger charge is -2.16. The molecule has 2 aromatic carbocycles. The summed E-state index contributed by atoms with van der Waals surface area (Å²) in [6.45, 7) is 6.42. The van der Waals surface area contributed by atoms with E-state index in [2.05, 4.69) is 32.8 Å². The Morgan fingerprint density at radius 3 is 2.67 bits per heavy atom. The summed E-state index contributed by atoms with van der Waals surface area (Å²) in [7, 11) is 0. The van der Waals surface area contributed by atoms with Gasteiger partial charge in [0.15, 0.2) is 0 Å². The highest BCUT2D eigenvalue weighted by Gasteiger charge is 2.37. The fourth-order valence-electron chi connectivity index (χ4n) is 5.37. The van der Waals surface area contributed by atoms with E-state index in [-0.39, 0.29) is 18.8 Å². The molecule has 1 fully saturated rings. The Kier molecular flexibility index (Phi) is 6.64. The van der Waals surface area contributed by atoms with Crippen LogP contribution in [0.15, 0.2) is 91.3 Å². The number of pyridine rings is 1. The van der Waals surface area contributed by atoms with Gasteiger partial charge in [-0.2, -0.15) is 5.10 Å². The fraction of sp³-hybridized carbons (Fsp3) is 0.188. The average Bonchev–Trinajstić information content (AvgIpc) is 3.66. The van der Waals surface area contributed by atoms with Crippen LogP contribution in [0.25, 0.3) is 49.9 Å². The Balaban J connectivity index is 1.36. The van der Waals surface area contributed by atoms with Crippen molar-refractivity contribution in [2.24, 2.45) is 0 Å². The van der Waals surface area contributed by atoms with Gasteiger partial charge in [-0.1, -0.05) is 49.1 Å². The topological polar surface area (TPSA) is 60.6 Å². The summed E-state index contributed by atoms with van der Waals surface area (Å²) < 4.78 is 42.0. The molecule has 202 valence electrons. The Morgan fingerprint density at radius 1 is 1.07 bits per heavy atom. The number of nitrogens with one attached hydrogen (secondary N) is 2. The maximum Gasteiger partial charge on any atom is 0.261 e. The van der Waals surface area contributed by atoms with Crippen LogP contribution in [0.3, 0.4) is 0 Å². The first-order valence-electron chi connectivity index (χ1n) is 13.2. The highest BCUT2D eigenvalue weighted by molar-refractivity contribution is 6.01. The van der Waals surface area contributed by atoms with Gasteiger partial charge in [-0.15, -0.1) is 0 Å². The van der Waals surface area contributed by atoms with Crippen molar-refractivity contribution in [1.82, 2.24) is 25.1 Å². The molecule has 6 rings (SSSR count). The third kappa shape index (κ3) is 4.86. The minimum absolute atomic E-state index is 0.112. The molecule has 3 aromatic heterocycles. The molecule has 0 bridgehead atoms. The highest BCUT2D eigenvalue weighted by Crippen LogP contribution is 2.35. The Hall–Kier alpha value is -4.43. The lowest BCUT2D eigenvalue weighted by atomic mass is 9.99. The number of H-pyrrole nitrogens is 2. The molecule has 5 nitrogen and oxygen atoms in total. The van der Waals surface area contributed by atoms with E-state index < -0.39 is 5.92 Å². The third-order valence-electron chi connectivity index (χ3n) is 7.43. The quantitative estimate of drug-likeness (QED) is 0.208. The Morgan fingerprint density at radius 2 is 1.93 bits per heavy atom. The SMILES string of the molecule is C=C/C(=C\C(=C/C)c1ccc2[nH]nc(-c3cc4c(-c5ccccc5F)cncc4[nH]3)c2c1)CN1CCC(F)(F)C1. The van der Waals surface area contributed by atoms with E-state index in [4.69, 9.17) is 0 Å². The number of benzene rings is 2. The molecule has 0 aliphatic carbocycles. The number of aromatic nitrogens is 4. The predicted octanol–water partition coefficient (Wildman–Crippen LogP) is 7.77. The van der Waals surface area contributed by atoms with E-state index in [0.29, 0.717) is 24.2 Å². The molecule has 1 saturated heterocycles. The van der Waals surface area contributed by atoms with E-state index >= 15 is 0 Å². The molecule has 0 saturated carbocycles. The van der Waals surface area contributed by atoms with Gasteiger partial charge in [0, 0.05) is 47.6 Å². The van der Waals surface area contributed by atoms with Gasteiger partial charge in [0.05, 0.1) is 29.5 Å². The molecule has 1 aliphatic heterocycles. The zero-order chi connectivity index (χ0) is 27.9. The van der Waals surface area contributed by atoms with Gasteiger partial charge >= 0.3 is 0 Å². The summed E-state index contributed by atoms with van der Waals surface area (Å²) in [5.74, 6) is -2.94. The molecule has 1 aliphatic rings.